The fourth-order valence-corrected chi connectivity index (χ4v) is 2.44. The smallest absolute Gasteiger partial charge is 0.319 e. The van der Waals surface area contributed by atoms with Crippen LogP contribution in [0, 0.1) is 0 Å². The predicted octanol–water partition coefficient (Wildman–Crippen LogP) is 2.85. The maximum atomic E-state index is 11.9. The van der Waals surface area contributed by atoms with Crippen molar-refractivity contribution >= 4 is 17.4 Å². The number of hydrogen-bond donors (Lipinski definition) is 2. The van der Waals surface area contributed by atoms with Gasteiger partial charge in [-0.15, -0.1) is 0 Å². The molecule has 0 aromatic heterocycles. The SMILES string of the molecule is CN(C)c1ccc(NC(=O)NCCc2ccc3c(c2)OCO3)cc1. The molecular weight excluding hydrogens is 306 g/mol. The number of benzene rings is 2. The molecule has 0 aliphatic carbocycles. The van der Waals surface area contributed by atoms with Crippen LogP contribution in [0.2, 0.25) is 0 Å². The zero-order valence-electron chi connectivity index (χ0n) is 13.8. The first kappa shape index (κ1) is 16.0. The van der Waals surface area contributed by atoms with Gasteiger partial charge in [-0.3, -0.25) is 0 Å². The molecule has 24 heavy (non-hydrogen) atoms. The zero-order chi connectivity index (χ0) is 16.9. The Kier molecular flexibility index (Phi) is 4.74. The highest BCUT2D eigenvalue weighted by atomic mass is 16.7. The predicted molar refractivity (Wildman–Crippen MR) is 94.1 cm³/mol. The molecule has 0 spiro atoms. The lowest BCUT2D eigenvalue weighted by molar-refractivity contribution is 0.174. The van der Waals surface area contributed by atoms with Gasteiger partial charge in [0, 0.05) is 32.0 Å². The monoisotopic (exact) mass is 327 g/mol. The average molecular weight is 327 g/mol. The van der Waals surface area contributed by atoms with Crippen molar-refractivity contribution in [3.63, 3.8) is 0 Å². The summed E-state index contributed by atoms with van der Waals surface area (Å²) in [6.45, 7) is 0.813. The Morgan fingerprint density at radius 3 is 2.58 bits per heavy atom. The highest BCUT2D eigenvalue weighted by Gasteiger charge is 2.13. The van der Waals surface area contributed by atoms with Gasteiger partial charge in [0.25, 0.3) is 0 Å². The van der Waals surface area contributed by atoms with Crippen molar-refractivity contribution in [3.8, 4) is 11.5 Å². The van der Waals surface area contributed by atoms with Crippen molar-refractivity contribution < 1.29 is 14.3 Å². The molecule has 2 N–H and O–H groups in total. The third-order valence-electron chi connectivity index (χ3n) is 3.78. The Bertz CT molecular complexity index is 714. The summed E-state index contributed by atoms with van der Waals surface area (Å²) < 4.78 is 10.6. The minimum atomic E-state index is -0.214. The lowest BCUT2D eigenvalue weighted by Gasteiger charge is -2.13. The van der Waals surface area contributed by atoms with Gasteiger partial charge in [0.1, 0.15) is 0 Å². The molecule has 2 amide bonds. The first-order valence-electron chi connectivity index (χ1n) is 7.82. The van der Waals surface area contributed by atoms with Crippen molar-refractivity contribution in [2.24, 2.45) is 0 Å². The summed E-state index contributed by atoms with van der Waals surface area (Å²) in [6, 6.07) is 13.3. The van der Waals surface area contributed by atoms with Crippen LogP contribution in [0.1, 0.15) is 5.56 Å². The maximum Gasteiger partial charge on any atom is 0.319 e. The molecule has 3 rings (SSSR count). The number of fused-ring (bicyclic) bond motifs is 1. The van der Waals surface area contributed by atoms with Gasteiger partial charge in [-0.1, -0.05) is 6.07 Å². The molecule has 0 atom stereocenters. The highest BCUT2D eigenvalue weighted by molar-refractivity contribution is 5.89. The van der Waals surface area contributed by atoms with Gasteiger partial charge in [0.2, 0.25) is 6.79 Å². The summed E-state index contributed by atoms with van der Waals surface area (Å²) in [6.07, 6.45) is 0.726. The highest BCUT2D eigenvalue weighted by Crippen LogP contribution is 2.32. The Morgan fingerprint density at radius 1 is 1.08 bits per heavy atom. The summed E-state index contributed by atoms with van der Waals surface area (Å²) in [5.41, 5.74) is 2.94. The summed E-state index contributed by atoms with van der Waals surface area (Å²) in [7, 11) is 3.95. The number of amides is 2. The molecule has 1 heterocycles. The van der Waals surface area contributed by atoms with Gasteiger partial charge in [0.05, 0.1) is 0 Å². The van der Waals surface area contributed by atoms with Crippen LogP contribution in [0.5, 0.6) is 11.5 Å². The fraction of sp³-hybridized carbons (Fsp3) is 0.278. The lowest BCUT2D eigenvalue weighted by Crippen LogP contribution is -2.30. The normalized spacial score (nSPS) is 11.9. The van der Waals surface area contributed by atoms with E-state index >= 15 is 0 Å². The molecule has 6 heteroatoms. The number of carbonyl (C=O) groups is 1. The fourth-order valence-electron chi connectivity index (χ4n) is 2.44. The van der Waals surface area contributed by atoms with Gasteiger partial charge < -0.3 is 25.0 Å². The minimum Gasteiger partial charge on any atom is -0.454 e. The van der Waals surface area contributed by atoms with E-state index in [1.807, 2.05) is 61.5 Å². The summed E-state index contributed by atoms with van der Waals surface area (Å²) in [4.78, 5) is 13.9. The third-order valence-corrected chi connectivity index (χ3v) is 3.78. The summed E-state index contributed by atoms with van der Waals surface area (Å²) in [5.74, 6) is 1.53. The van der Waals surface area contributed by atoms with E-state index < -0.39 is 0 Å². The molecule has 0 saturated heterocycles. The van der Waals surface area contributed by atoms with Crippen molar-refractivity contribution in [3.05, 3.63) is 48.0 Å². The number of ether oxygens (including phenoxy) is 2. The van der Waals surface area contributed by atoms with Crippen molar-refractivity contribution in [1.82, 2.24) is 5.32 Å². The number of rotatable bonds is 5. The molecule has 1 aliphatic heterocycles. The molecular formula is C18H21N3O3. The second-order valence-corrected chi connectivity index (χ2v) is 5.76. The third kappa shape index (κ3) is 3.90. The minimum absolute atomic E-state index is 0.214. The molecule has 0 radical (unpaired) electrons. The molecule has 126 valence electrons. The number of nitrogens with one attached hydrogen (secondary N) is 2. The maximum absolute atomic E-state index is 11.9. The van der Waals surface area contributed by atoms with Crippen LogP contribution in [0.4, 0.5) is 16.2 Å². The molecule has 2 aromatic carbocycles. The molecule has 1 aliphatic rings. The molecule has 0 fully saturated rings. The van der Waals surface area contributed by atoms with E-state index in [2.05, 4.69) is 10.6 Å². The first-order chi connectivity index (χ1) is 11.6. The molecule has 2 aromatic rings. The summed E-state index contributed by atoms with van der Waals surface area (Å²) >= 11 is 0. The number of nitrogens with zero attached hydrogens (tertiary/aromatic N) is 1. The second kappa shape index (κ2) is 7.12. The van der Waals surface area contributed by atoms with Crippen LogP contribution in [0.3, 0.4) is 0 Å². The Balaban J connectivity index is 1.45. The van der Waals surface area contributed by atoms with Crippen LogP contribution < -0.4 is 25.0 Å². The number of anilines is 2. The zero-order valence-corrected chi connectivity index (χ0v) is 13.8. The van der Waals surface area contributed by atoms with E-state index in [0.29, 0.717) is 6.54 Å². The van der Waals surface area contributed by atoms with E-state index in [0.717, 1.165) is 34.9 Å². The van der Waals surface area contributed by atoms with E-state index in [9.17, 15) is 4.79 Å². The van der Waals surface area contributed by atoms with Gasteiger partial charge in [0.15, 0.2) is 11.5 Å². The average Bonchev–Trinajstić information content (AvgIpc) is 3.03. The van der Waals surface area contributed by atoms with Crippen molar-refractivity contribution in [1.29, 1.82) is 0 Å². The van der Waals surface area contributed by atoms with Gasteiger partial charge in [-0.25, -0.2) is 4.79 Å². The van der Waals surface area contributed by atoms with Crippen LogP contribution in [-0.4, -0.2) is 33.5 Å². The Hall–Kier alpha value is -2.89. The van der Waals surface area contributed by atoms with Gasteiger partial charge >= 0.3 is 6.03 Å². The lowest BCUT2D eigenvalue weighted by atomic mass is 10.1. The Morgan fingerprint density at radius 2 is 1.83 bits per heavy atom. The largest absolute Gasteiger partial charge is 0.454 e. The standard InChI is InChI=1S/C18H21N3O3/c1-21(2)15-6-4-14(5-7-15)20-18(22)19-10-9-13-3-8-16-17(11-13)24-12-23-16/h3-8,11H,9-10,12H2,1-2H3,(H2,19,20,22). The molecule has 0 bridgehead atoms. The van der Waals surface area contributed by atoms with Crippen LogP contribution >= 0.6 is 0 Å². The van der Waals surface area contributed by atoms with E-state index in [4.69, 9.17) is 9.47 Å². The second-order valence-electron chi connectivity index (χ2n) is 5.76. The van der Waals surface area contributed by atoms with Crippen molar-refractivity contribution in [2.75, 3.05) is 37.6 Å². The number of urea groups is 1. The van der Waals surface area contributed by atoms with Crippen LogP contribution in [-0.2, 0) is 6.42 Å². The topological polar surface area (TPSA) is 62.8 Å². The number of hydrogen-bond acceptors (Lipinski definition) is 4. The summed E-state index contributed by atoms with van der Waals surface area (Å²) in [5, 5.41) is 5.67. The molecule has 0 saturated carbocycles. The van der Waals surface area contributed by atoms with Gasteiger partial charge in [-0.05, 0) is 48.4 Å². The number of carbonyl (C=O) groups excluding carboxylic acids is 1. The molecule has 0 unspecified atom stereocenters. The molecule has 6 nitrogen and oxygen atoms in total. The Labute approximate surface area is 141 Å². The van der Waals surface area contributed by atoms with E-state index in [1.165, 1.54) is 0 Å². The van der Waals surface area contributed by atoms with Crippen LogP contribution in [0.25, 0.3) is 0 Å². The van der Waals surface area contributed by atoms with Crippen LogP contribution in [0.15, 0.2) is 42.5 Å². The quantitative estimate of drug-likeness (QED) is 0.886. The van der Waals surface area contributed by atoms with Gasteiger partial charge in [-0.2, -0.15) is 0 Å². The van der Waals surface area contributed by atoms with E-state index in [-0.39, 0.29) is 12.8 Å². The van der Waals surface area contributed by atoms with E-state index in [1.54, 1.807) is 0 Å². The first-order valence-corrected chi connectivity index (χ1v) is 7.82. The van der Waals surface area contributed by atoms with Crippen molar-refractivity contribution in [2.45, 2.75) is 6.42 Å².